The first kappa shape index (κ1) is 23.1. The number of hydrogen-bond acceptors (Lipinski definition) is 4. The molecule has 1 aliphatic rings. The molecule has 0 radical (unpaired) electrons. The Morgan fingerprint density at radius 1 is 1.17 bits per heavy atom. The number of alkyl halides is 3. The summed E-state index contributed by atoms with van der Waals surface area (Å²) in [6, 6.07) is 4.00. The van der Waals surface area contributed by atoms with Crippen molar-refractivity contribution in [2.75, 3.05) is 13.1 Å². The number of hydrogen-bond donors (Lipinski definition) is 2. The highest BCUT2D eigenvalue weighted by Crippen LogP contribution is 2.28. The highest BCUT2D eigenvalue weighted by molar-refractivity contribution is 7.89. The normalized spacial score (nSPS) is 20.4. The second-order valence-electron chi connectivity index (χ2n) is 6.68. The van der Waals surface area contributed by atoms with Crippen LogP contribution in [-0.2, 0) is 26.2 Å². The number of piperidine rings is 1. The number of halogens is 3. The Bertz CT molecular complexity index is 837. The topological polar surface area (TPSA) is 95.6 Å². The lowest BCUT2D eigenvalue weighted by Crippen LogP contribution is -2.54. The van der Waals surface area contributed by atoms with Gasteiger partial charge in [-0.15, -0.1) is 0 Å². The van der Waals surface area contributed by atoms with E-state index in [-0.39, 0.29) is 24.3 Å². The second-order valence-corrected chi connectivity index (χ2v) is 8.62. The zero-order chi connectivity index (χ0) is 21.8. The van der Waals surface area contributed by atoms with Gasteiger partial charge < -0.3 is 10.6 Å². The van der Waals surface area contributed by atoms with Gasteiger partial charge in [-0.05, 0) is 30.5 Å². The number of sulfonamides is 1. The van der Waals surface area contributed by atoms with E-state index in [9.17, 15) is 31.2 Å². The van der Waals surface area contributed by atoms with E-state index in [1.54, 1.807) is 13.8 Å². The Labute approximate surface area is 167 Å². The summed E-state index contributed by atoms with van der Waals surface area (Å²) >= 11 is 0. The summed E-state index contributed by atoms with van der Waals surface area (Å²) in [4.78, 5) is 24.1. The van der Waals surface area contributed by atoms with Crippen LogP contribution in [0.3, 0.4) is 0 Å². The average molecular weight is 435 g/mol. The molecule has 2 amide bonds. The molecular formula is C18H24F3N3O4S. The number of nitrogens with zero attached hydrogens (tertiary/aromatic N) is 1. The fourth-order valence-corrected chi connectivity index (χ4v) is 4.57. The highest BCUT2D eigenvalue weighted by Gasteiger charge is 2.45. The molecule has 0 unspecified atom stereocenters. The zero-order valence-corrected chi connectivity index (χ0v) is 16.9. The maximum atomic E-state index is 12.7. The van der Waals surface area contributed by atoms with Gasteiger partial charge >= 0.3 is 6.18 Å². The van der Waals surface area contributed by atoms with Crippen LogP contribution in [0.15, 0.2) is 29.2 Å². The Hall–Kier alpha value is -2.14. The molecule has 1 heterocycles. The standard InChI is InChI=1S/C18H24F3N3O4S/c1-3-24(4-2)29(27,28)13-7-5-12(6-8-13)11-22-16(25)14-9-10-15(18(19,20)21)23-17(14)26/h5-8,14-15H,3-4,9-11H2,1-2H3,(H,22,25)(H,23,26)/t14-,15+/m0/s1. The van der Waals surface area contributed by atoms with Gasteiger partial charge in [0.05, 0.1) is 4.90 Å². The number of carbonyl (C=O) groups excluding carboxylic acids is 2. The third-order valence-corrected chi connectivity index (χ3v) is 6.89. The van der Waals surface area contributed by atoms with Gasteiger partial charge in [-0.25, -0.2) is 8.42 Å². The van der Waals surface area contributed by atoms with Crippen molar-refractivity contribution >= 4 is 21.8 Å². The van der Waals surface area contributed by atoms with E-state index >= 15 is 0 Å². The van der Waals surface area contributed by atoms with Crippen LogP contribution in [0.25, 0.3) is 0 Å². The highest BCUT2D eigenvalue weighted by atomic mass is 32.2. The van der Waals surface area contributed by atoms with Crippen molar-refractivity contribution in [2.24, 2.45) is 5.92 Å². The molecule has 1 aromatic rings. The van der Waals surface area contributed by atoms with E-state index in [2.05, 4.69) is 5.32 Å². The third kappa shape index (κ3) is 5.47. The lowest BCUT2D eigenvalue weighted by molar-refractivity contribution is -0.171. The smallest absolute Gasteiger partial charge is 0.351 e. The van der Waals surface area contributed by atoms with Gasteiger partial charge in [0.25, 0.3) is 0 Å². The summed E-state index contributed by atoms with van der Waals surface area (Å²) in [6.45, 7) is 4.19. The summed E-state index contributed by atoms with van der Waals surface area (Å²) < 4.78 is 64.2. The van der Waals surface area contributed by atoms with Crippen LogP contribution in [0, 0.1) is 5.92 Å². The Kier molecular flexibility index (Phi) is 7.28. The molecule has 1 saturated heterocycles. The molecule has 162 valence electrons. The zero-order valence-electron chi connectivity index (χ0n) is 16.1. The van der Waals surface area contributed by atoms with Crippen molar-refractivity contribution in [2.45, 2.75) is 50.3 Å². The number of rotatable bonds is 7. The maximum Gasteiger partial charge on any atom is 0.408 e. The molecule has 2 N–H and O–H groups in total. The fourth-order valence-electron chi connectivity index (χ4n) is 3.11. The van der Waals surface area contributed by atoms with Crippen LogP contribution in [0.4, 0.5) is 13.2 Å². The summed E-state index contributed by atoms with van der Waals surface area (Å²) in [5.74, 6) is -2.80. The molecule has 0 spiro atoms. The minimum absolute atomic E-state index is 0.0247. The summed E-state index contributed by atoms with van der Waals surface area (Å²) in [6.07, 6.45) is -5.08. The Balaban J connectivity index is 1.95. The van der Waals surface area contributed by atoms with Gasteiger partial charge in [-0.3, -0.25) is 9.59 Å². The monoisotopic (exact) mass is 435 g/mol. The first-order valence-corrected chi connectivity index (χ1v) is 10.7. The predicted octanol–water partition coefficient (Wildman–Crippen LogP) is 1.79. The van der Waals surface area contributed by atoms with Gasteiger partial charge in [-0.1, -0.05) is 26.0 Å². The lowest BCUT2D eigenvalue weighted by atomic mass is 9.93. The van der Waals surface area contributed by atoms with E-state index in [4.69, 9.17) is 0 Å². The lowest BCUT2D eigenvalue weighted by Gasteiger charge is -2.29. The van der Waals surface area contributed by atoms with Crippen LogP contribution >= 0.6 is 0 Å². The minimum Gasteiger partial charge on any atom is -0.351 e. The second kappa shape index (κ2) is 9.12. The minimum atomic E-state index is -4.54. The van der Waals surface area contributed by atoms with E-state index in [0.717, 1.165) is 0 Å². The molecule has 29 heavy (non-hydrogen) atoms. The van der Waals surface area contributed by atoms with Crippen LogP contribution in [0.5, 0.6) is 0 Å². The summed E-state index contributed by atoms with van der Waals surface area (Å²) in [7, 11) is -3.59. The molecule has 0 aromatic heterocycles. The Morgan fingerprint density at radius 3 is 2.24 bits per heavy atom. The largest absolute Gasteiger partial charge is 0.408 e. The van der Waals surface area contributed by atoms with Crippen molar-refractivity contribution in [3.8, 4) is 0 Å². The molecule has 1 aliphatic heterocycles. The number of nitrogens with one attached hydrogen (secondary N) is 2. The van der Waals surface area contributed by atoms with Gasteiger partial charge in [0, 0.05) is 19.6 Å². The van der Waals surface area contributed by atoms with Crippen LogP contribution in [-0.4, -0.2) is 49.8 Å². The van der Waals surface area contributed by atoms with Gasteiger partial charge in [0.2, 0.25) is 21.8 Å². The molecule has 2 atom stereocenters. The van der Waals surface area contributed by atoms with E-state index in [1.165, 1.54) is 28.6 Å². The maximum absolute atomic E-state index is 12.7. The number of carbonyl (C=O) groups is 2. The predicted molar refractivity (Wildman–Crippen MR) is 99.1 cm³/mol. The van der Waals surface area contributed by atoms with Crippen molar-refractivity contribution in [3.05, 3.63) is 29.8 Å². The third-order valence-electron chi connectivity index (χ3n) is 4.82. The summed E-state index contributed by atoms with van der Waals surface area (Å²) in [5.41, 5.74) is 0.598. The molecule has 2 rings (SSSR count). The molecule has 11 heteroatoms. The first-order chi connectivity index (χ1) is 13.5. The van der Waals surface area contributed by atoms with Crippen LogP contribution in [0.1, 0.15) is 32.3 Å². The quantitative estimate of drug-likeness (QED) is 0.639. The molecule has 1 fully saturated rings. The number of amides is 2. The van der Waals surface area contributed by atoms with Crippen molar-refractivity contribution in [1.82, 2.24) is 14.9 Å². The van der Waals surface area contributed by atoms with Gasteiger partial charge in [0.1, 0.15) is 12.0 Å². The fraction of sp³-hybridized carbons (Fsp3) is 0.556. The molecule has 0 bridgehead atoms. The van der Waals surface area contributed by atoms with Crippen molar-refractivity contribution < 1.29 is 31.2 Å². The molecular weight excluding hydrogens is 411 g/mol. The molecule has 7 nitrogen and oxygen atoms in total. The van der Waals surface area contributed by atoms with E-state index < -0.39 is 40.0 Å². The molecule has 0 saturated carbocycles. The molecule has 0 aliphatic carbocycles. The van der Waals surface area contributed by atoms with Crippen LogP contribution < -0.4 is 10.6 Å². The van der Waals surface area contributed by atoms with E-state index in [0.29, 0.717) is 18.7 Å². The van der Waals surface area contributed by atoms with Gasteiger partial charge in [-0.2, -0.15) is 17.5 Å². The SMILES string of the molecule is CCN(CC)S(=O)(=O)c1ccc(CNC(=O)[C@@H]2CC[C@H](C(F)(F)F)NC2=O)cc1. The molecule has 1 aromatic carbocycles. The Morgan fingerprint density at radius 2 is 1.76 bits per heavy atom. The first-order valence-electron chi connectivity index (χ1n) is 9.24. The van der Waals surface area contributed by atoms with Crippen molar-refractivity contribution in [3.63, 3.8) is 0 Å². The van der Waals surface area contributed by atoms with Gasteiger partial charge in [0.15, 0.2) is 0 Å². The van der Waals surface area contributed by atoms with Crippen molar-refractivity contribution in [1.29, 1.82) is 0 Å². The summed E-state index contributed by atoms with van der Waals surface area (Å²) in [5, 5.41) is 4.35. The van der Waals surface area contributed by atoms with E-state index in [1.807, 2.05) is 5.32 Å². The number of benzene rings is 1. The average Bonchev–Trinajstić information content (AvgIpc) is 2.66. The van der Waals surface area contributed by atoms with Crippen LogP contribution in [0.2, 0.25) is 0 Å².